The van der Waals surface area contributed by atoms with Gasteiger partial charge in [-0.15, -0.1) is 11.3 Å². The van der Waals surface area contributed by atoms with Gasteiger partial charge in [-0.05, 0) is 23.6 Å². The fourth-order valence-corrected chi connectivity index (χ4v) is 2.58. The third kappa shape index (κ3) is 2.73. The number of fused-ring (bicyclic) bond motifs is 1. The summed E-state index contributed by atoms with van der Waals surface area (Å²) in [6, 6.07) is 8.60. The predicted octanol–water partition coefficient (Wildman–Crippen LogP) is 3.68. The first kappa shape index (κ1) is 13.6. The van der Waals surface area contributed by atoms with Crippen LogP contribution < -0.4 is 9.47 Å². The van der Waals surface area contributed by atoms with Crippen LogP contribution in [0.2, 0.25) is 0 Å². The summed E-state index contributed by atoms with van der Waals surface area (Å²) in [5.41, 5.74) is 0.481. The molecule has 0 aliphatic carbocycles. The highest BCUT2D eigenvalue weighted by atomic mass is 32.1. The van der Waals surface area contributed by atoms with Gasteiger partial charge in [0, 0.05) is 23.4 Å². The van der Waals surface area contributed by atoms with Gasteiger partial charge in [0.15, 0.2) is 5.76 Å². The second-order valence-electron chi connectivity index (χ2n) is 4.44. The molecule has 1 aromatic heterocycles. The number of benzene rings is 1. The molecule has 0 saturated carbocycles. The number of carbonyl (C=O) groups is 2. The zero-order valence-corrected chi connectivity index (χ0v) is 12.1. The Morgan fingerprint density at radius 3 is 2.95 bits per heavy atom. The maximum atomic E-state index is 12.2. The van der Waals surface area contributed by atoms with Gasteiger partial charge in [-0.1, -0.05) is 13.0 Å². The van der Waals surface area contributed by atoms with Crippen LogP contribution in [0, 0.1) is 0 Å². The van der Waals surface area contributed by atoms with Crippen LogP contribution in [-0.4, -0.2) is 11.8 Å². The topological polar surface area (TPSA) is 52.6 Å². The quantitative estimate of drug-likeness (QED) is 0.493. The summed E-state index contributed by atoms with van der Waals surface area (Å²) in [4.78, 5) is 24.4. The van der Waals surface area contributed by atoms with Gasteiger partial charge >= 0.3 is 5.97 Å². The first-order valence-electron chi connectivity index (χ1n) is 6.50. The predicted molar refractivity (Wildman–Crippen MR) is 79.6 cm³/mol. The van der Waals surface area contributed by atoms with Crippen LogP contribution in [0.5, 0.6) is 11.5 Å². The fourth-order valence-electron chi connectivity index (χ4n) is 1.94. The Labute approximate surface area is 125 Å². The lowest BCUT2D eigenvalue weighted by atomic mass is 10.1. The van der Waals surface area contributed by atoms with Gasteiger partial charge in [-0.25, -0.2) is 0 Å². The Kier molecular flexibility index (Phi) is 3.58. The molecule has 0 bridgehead atoms. The molecule has 1 aliphatic rings. The van der Waals surface area contributed by atoms with Gasteiger partial charge in [0.1, 0.15) is 11.5 Å². The van der Waals surface area contributed by atoms with E-state index in [4.69, 9.17) is 9.47 Å². The van der Waals surface area contributed by atoms with Crippen molar-refractivity contribution in [3.05, 3.63) is 51.9 Å². The van der Waals surface area contributed by atoms with Crippen LogP contribution in [0.25, 0.3) is 6.08 Å². The molecule has 2 heterocycles. The van der Waals surface area contributed by atoms with E-state index < -0.39 is 0 Å². The second kappa shape index (κ2) is 5.54. The van der Waals surface area contributed by atoms with Gasteiger partial charge in [-0.2, -0.15) is 0 Å². The van der Waals surface area contributed by atoms with Gasteiger partial charge in [0.2, 0.25) is 5.78 Å². The summed E-state index contributed by atoms with van der Waals surface area (Å²) < 4.78 is 10.7. The van der Waals surface area contributed by atoms with E-state index in [1.807, 2.05) is 17.5 Å². The van der Waals surface area contributed by atoms with Crippen LogP contribution in [0.4, 0.5) is 0 Å². The van der Waals surface area contributed by atoms with Crippen LogP contribution >= 0.6 is 11.3 Å². The Morgan fingerprint density at radius 2 is 2.24 bits per heavy atom. The zero-order valence-electron chi connectivity index (χ0n) is 11.3. The highest BCUT2D eigenvalue weighted by molar-refractivity contribution is 7.10. The van der Waals surface area contributed by atoms with Crippen molar-refractivity contribution in [2.45, 2.75) is 13.3 Å². The van der Waals surface area contributed by atoms with Crippen molar-refractivity contribution >= 4 is 29.2 Å². The lowest BCUT2D eigenvalue weighted by molar-refractivity contribution is -0.134. The SMILES string of the molecule is CCC(=O)Oc1ccc2c(c1)OC(=Cc1cccs1)C2=O. The molecule has 2 aromatic rings. The third-order valence-corrected chi connectivity index (χ3v) is 3.80. The number of hydrogen-bond acceptors (Lipinski definition) is 5. The molecular weight excluding hydrogens is 288 g/mol. The van der Waals surface area contributed by atoms with E-state index in [-0.39, 0.29) is 17.5 Å². The van der Waals surface area contributed by atoms with Gasteiger partial charge in [-0.3, -0.25) is 9.59 Å². The molecule has 1 aromatic carbocycles. The Hall–Kier alpha value is -2.40. The molecular formula is C16H12O4S. The number of rotatable bonds is 3. The number of ketones is 1. The number of esters is 1. The molecule has 0 radical (unpaired) electrons. The zero-order chi connectivity index (χ0) is 14.8. The van der Waals surface area contributed by atoms with Crippen molar-refractivity contribution in [2.75, 3.05) is 0 Å². The summed E-state index contributed by atoms with van der Waals surface area (Å²) in [5, 5.41) is 1.93. The highest BCUT2D eigenvalue weighted by Crippen LogP contribution is 2.35. The van der Waals surface area contributed by atoms with Crippen LogP contribution in [0.15, 0.2) is 41.5 Å². The molecule has 4 nitrogen and oxygen atoms in total. The highest BCUT2D eigenvalue weighted by Gasteiger charge is 2.28. The molecule has 0 saturated heterocycles. The molecule has 106 valence electrons. The van der Waals surface area contributed by atoms with Gasteiger partial charge < -0.3 is 9.47 Å². The van der Waals surface area contributed by atoms with Crippen molar-refractivity contribution in [1.29, 1.82) is 0 Å². The van der Waals surface area contributed by atoms with Crippen molar-refractivity contribution in [1.82, 2.24) is 0 Å². The van der Waals surface area contributed by atoms with Crippen LogP contribution in [0.3, 0.4) is 0 Å². The first-order valence-corrected chi connectivity index (χ1v) is 7.38. The minimum Gasteiger partial charge on any atom is -0.452 e. The molecule has 0 atom stereocenters. The Balaban J connectivity index is 1.87. The number of hydrogen-bond donors (Lipinski definition) is 0. The van der Waals surface area contributed by atoms with Crippen LogP contribution in [-0.2, 0) is 4.79 Å². The Bertz CT molecular complexity index is 729. The van der Waals surface area contributed by atoms with Crippen molar-refractivity contribution in [2.24, 2.45) is 0 Å². The maximum Gasteiger partial charge on any atom is 0.310 e. The van der Waals surface area contributed by atoms with E-state index in [0.717, 1.165) is 4.88 Å². The number of allylic oxidation sites excluding steroid dienone is 1. The lowest BCUT2D eigenvalue weighted by Crippen LogP contribution is -2.05. The minimum atomic E-state index is -0.325. The average molecular weight is 300 g/mol. The van der Waals surface area contributed by atoms with Gasteiger partial charge in [0.25, 0.3) is 0 Å². The minimum absolute atomic E-state index is 0.160. The molecule has 0 unspecified atom stereocenters. The molecule has 0 spiro atoms. The van der Waals surface area contributed by atoms with E-state index in [2.05, 4.69) is 0 Å². The monoisotopic (exact) mass is 300 g/mol. The standard InChI is InChI=1S/C16H12O4S/c1-2-15(17)19-10-5-6-12-13(8-10)20-14(16(12)18)9-11-4-3-7-21-11/h3-9H,2H2,1H3. The maximum absolute atomic E-state index is 12.2. The molecule has 0 fully saturated rings. The normalized spacial score (nSPS) is 14.9. The Morgan fingerprint density at radius 1 is 1.38 bits per heavy atom. The van der Waals surface area contributed by atoms with Gasteiger partial charge in [0.05, 0.1) is 5.56 Å². The molecule has 0 N–H and O–H groups in total. The summed E-state index contributed by atoms with van der Waals surface area (Å²) in [6.07, 6.45) is 2.01. The number of carbonyl (C=O) groups excluding carboxylic acids is 2. The van der Waals surface area contributed by atoms with E-state index in [1.54, 1.807) is 31.2 Å². The van der Waals surface area contributed by atoms with E-state index >= 15 is 0 Å². The molecule has 0 amide bonds. The summed E-state index contributed by atoms with van der Waals surface area (Å²) in [5.74, 6) is 0.599. The molecule has 1 aliphatic heterocycles. The number of Topliss-reactive ketones (excluding diaryl/α,β-unsaturated/α-hetero) is 1. The number of thiophene rings is 1. The molecule has 5 heteroatoms. The average Bonchev–Trinajstić information content (AvgIpc) is 3.08. The van der Waals surface area contributed by atoms with E-state index in [0.29, 0.717) is 23.5 Å². The van der Waals surface area contributed by atoms with E-state index in [9.17, 15) is 9.59 Å². The smallest absolute Gasteiger partial charge is 0.310 e. The lowest BCUT2D eigenvalue weighted by Gasteiger charge is -2.03. The summed E-state index contributed by atoms with van der Waals surface area (Å²) in [6.45, 7) is 1.72. The first-order chi connectivity index (χ1) is 10.2. The van der Waals surface area contributed by atoms with Crippen molar-refractivity contribution in [3.63, 3.8) is 0 Å². The molecule has 3 rings (SSSR count). The van der Waals surface area contributed by atoms with E-state index in [1.165, 1.54) is 11.3 Å². The molecule has 21 heavy (non-hydrogen) atoms. The summed E-state index contributed by atoms with van der Waals surface area (Å²) in [7, 11) is 0. The van der Waals surface area contributed by atoms with Crippen LogP contribution in [0.1, 0.15) is 28.6 Å². The van der Waals surface area contributed by atoms with Crippen molar-refractivity contribution in [3.8, 4) is 11.5 Å². The largest absolute Gasteiger partial charge is 0.452 e. The fraction of sp³-hybridized carbons (Fsp3) is 0.125. The second-order valence-corrected chi connectivity index (χ2v) is 5.42. The number of ether oxygens (including phenoxy) is 2. The van der Waals surface area contributed by atoms with Crippen molar-refractivity contribution < 1.29 is 19.1 Å². The summed E-state index contributed by atoms with van der Waals surface area (Å²) >= 11 is 1.53. The third-order valence-electron chi connectivity index (χ3n) is 2.98.